The molecular formula is C57H102NO9P. The molecule has 3 atom stereocenters. The number of unbranched alkanes of at least 4 members (excludes halogenated alkanes) is 26. The first-order valence-electron chi connectivity index (χ1n) is 27.5. The highest BCUT2D eigenvalue weighted by Crippen LogP contribution is 2.43. The molecule has 0 aromatic rings. The Morgan fingerprint density at radius 1 is 0.485 bits per heavy atom. The van der Waals surface area contributed by atoms with Gasteiger partial charge in [0, 0.05) is 13.0 Å². The number of rotatable bonds is 52. The lowest BCUT2D eigenvalue weighted by molar-refractivity contribution is -0.154. The predicted octanol–water partition coefficient (Wildman–Crippen LogP) is 16.5. The summed E-state index contributed by atoms with van der Waals surface area (Å²) in [6.45, 7) is 3.75. The third-order valence-electron chi connectivity index (χ3n) is 11.8. The zero-order chi connectivity index (χ0) is 49.7. The van der Waals surface area contributed by atoms with Crippen LogP contribution in [0.1, 0.15) is 239 Å². The number of carboxylic acids is 1. The van der Waals surface area contributed by atoms with E-state index in [-0.39, 0.29) is 13.0 Å². The molecule has 0 radical (unpaired) electrons. The van der Waals surface area contributed by atoms with Gasteiger partial charge in [-0.3, -0.25) is 18.6 Å². The fourth-order valence-electron chi connectivity index (χ4n) is 7.55. The number of hydrogen-bond donors (Lipinski definition) is 3. The maximum atomic E-state index is 12.7. The molecule has 10 nitrogen and oxygen atoms in total. The summed E-state index contributed by atoms with van der Waals surface area (Å²) >= 11 is 0. The molecule has 0 saturated carbocycles. The first kappa shape index (κ1) is 65.4. The summed E-state index contributed by atoms with van der Waals surface area (Å²) in [7, 11) is -4.63. The summed E-state index contributed by atoms with van der Waals surface area (Å²) in [4.78, 5) is 33.8. The number of carboxylic acid groups (broad SMARTS) is 1. The molecule has 0 bridgehead atoms. The lowest BCUT2D eigenvalue weighted by Crippen LogP contribution is -2.34. The summed E-state index contributed by atoms with van der Waals surface area (Å²) < 4.78 is 33.6. The van der Waals surface area contributed by atoms with E-state index in [9.17, 15) is 19.0 Å². The molecule has 68 heavy (non-hydrogen) atoms. The smallest absolute Gasteiger partial charge is 0.472 e. The van der Waals surface area contributed by atoms with Crippen molar-refractivity contribution in [2.75, 3.05) is 26.4 Å². The third-order valence-corrected chi connectivity index (χ3v) is 12.7. The number of aliphatic carboxylic acids is 1. The lowest BCUT2D eigenvalue weighted by atomic mass is 10.0. The normalized spacial score (nSPS) is 14.2. The Kier molecular flexibility index (Phi) is 50.2. The summed E-state index contributed by atoms with van der Waals surface area (Å²) in [5.41, 5.74) is 5.38. The fourth-order valence-corrected chi connectivity index (χ4v) is 8.33. The third kappa shape index (κ3) is 51.3. The van der Waals surface area contributed by atoms with Crippen LogP contribution in [0.5, 0.6) is 0 Å². The van der Waals surface area contributed by atoms with E-state index in [2.05, 4.69) is 86.8 Å². The predicted molar refractivity (Wildman–Crippen MR) is 286 cm³/mol. The topological polar surface area (TPSA) is 155 Å². The van der Waals surface area contributed by atoms with Gasteiger partial charge in [0.1, 0.15) is 12.1 Å². The van der Waals surface area contributed by atoms with E-state index in [0.29, 0.717) is 13.0 Å². The summed E-state index contributed by atoms with van der Waals surface area (Å²) in [6.07, 6.45) is 66.8. The van der Waals surface area contributed by atoms with E-state index in [1.807, 2.05) is 0 Å². The molecule has 0 aliphatic heterocycles. The Morgan fingerprint density at radius 3 is 1.28 bits per heavy atom. The van der Waals surface area contributed by atoms with Gasteiger partial charge in [-0.25, -0.2) is 4.57 Å². The van der Waals surface area contributed by atoms with Gasteiger partial charge >= 0.3 is 19.8 Å². The Bertz CT molecular complexity index is 1360. The van der Waals surface area contributed by atoms with Gasteiger partial charge in [-0.05, 0) is 64.2 Å². The molecule has 0 spiro atoms. The van der Waals surface area contributed by atoms with E-state index in [4.69, 9.17) is 29.4 Å². The van der Waals surface area contributed by atoms with Crippen LogP contribution >= 0.6 is 7.82 Å². The number of carbonyl (C=O) groups excluding carboxylic acids is 1. The molecular weight excluding hydrogens is 874 g/mol. The van der Waals surface area contributed by atoms with E-state index in [0.717, 1.165) is 89.9 Å². The summed E-state index contributed by atoms with van der Waals surface area (Å²) in [6, 6.07) is -1.48. The molecule has 0 aliphatic rings. The van der Waals surface area contributed by atoms with Gasteiger partial charge in [0.15, 0.2) is 0 Å². The standard InChI is InChI=1S/C57H102NO9P/c1-3-5-7-9-11-13-15-17-19-21-23-25-27-28-30-32-34-36-38-40-42-44-46-48-50-64-51-54(52-65-68(62,63)66-53-55(58)57(60)61)67-56(59)49-47-45-43-41-39-37-35-33-31-29-26-24-22-20-18-16-14-12-10-8-6-4-2/h5,7,11,13,17,19,23,25,28,30,34,36,54-55H,3-4,6,8-10,12,14-16,18,20-22,24,26-27,29,31-33,35,37-53,58H2,1-2H3,(H,60,61)(H,62,63)/b7-5-,13-11-,19-17-,25-23-,30-28-,36-34-. The van der Waals surface area contributed by atoms with Crippen molar-refractivity contribution in [1.82, 2.24) is 0 Å². The van der Waals surface area contributed by atoms with Crippen LogP contribution in [-0.4, -0.2) is 60.5 Å². The second-order valence-electron chi connectivity index (χ2n) is 18.3. The second-order valence-corrected chi connectivity index (χ2v) is 19.8. The SMILES string of the molecule is CC/C=C\C/C=C\C/C=C\C/C=C\C/C=C\C/C=C\CCCCCCCOCC(COP(=O)(O)OCC(N)C(=O)O)OC(=O)CCCCCCCCCCCCCCCCCCCCCCCC. The van der Waals surface area contributed by atoms with Gasteiger partial charge in [0.05, 0.1) is 19.8 Å². The van der Waals surface area contributed by atoms with Crippen molar-refractivity contribution in [2.24, 2.45) is 5.73 Å². The molecule has 3 unspecified atom stereocenters. The van der Waals surface area contributed by atoms with Gasteiger partial charge in [-0.2, -0.15) is 0 Å². The van der Waals surface area contributed by atoms with Crippen LogP contribution in [0.3, 0.4) is 0 Å². The highest BCUT2D eigenvalue weighted by molar-refractivity contribution is 7.47. The number of allylic oxidation sites excluding steroid dienone is 12. The quantitative estimate of drug-likeness (QED) is 0.0232. The van der Waals surface area contributed by atoms with Crippen molar-refractivity contribution >= 4 is 19.8 Å². The average Bonchev–Trinajstić information content (AvgIpc) is 3.32. The van der Waals surface area contributed by atoms with Gasteiger partial charge < -0.3 is 25.2 Å². The lowest BCUT2D eigenvalue weighted by Gasteiger charge is -2.20. The van der Waals surface area contributed by atoms with Crippen molar-refractivity contribution in [3.05, 3.63) is 72.9 Å². The maximum Gasteiger partial charge on any atom is 0.472 e. The second kappa shape index (κ2) is 52.2. The van der Waals surface area contributed by atoms with Crippen molar-refractivity contribution in [1.29, 1.82) is 0 Å². The molecule has 0 aromatic carbocycles. The number of esters is 1. The number of ether oxygens (including phenoxy) is 2. The van der Waals surface area contributed by atoms with Crippen LogP contribution in [0.2, 0.25) is 0 Å². The molecule has 4 N–H and O–H groups in total. The van der Waals surface area contributed by atoms with Gasteiger partial charge in [0.2, 0.25) is 0 Å². The minimum absolute atomic E-state index is 0.00240. The monoisotopic (exact) mass is 976 g/mol. The number of carbonyl (C=O) groups is 2. The fraction of sp³-hybridized carbons (Fsp3) is 0.754. The van der Waals surface area contributed by atoms with Crippen molar-refractivity contribution in [3.63, 3.8) is 0 Å². The molecule has 0 rings (SSSR count). The Labute approximate surface area is 416 Å². The van der Waals surface area contributed by atoms with Gasteiger partial charge in [-0.1, -0.05) is 241 Å². The van der Waals surface area contributed by atoms with Crippen LogP contribution in [0, 0.1) is 0 Å². The molecule has 0 heterocycles. The minimum Gasteiger partial charge on any atom is -0.480 e. The molecule has 0 aromatic heterocycles. The van der Waals surface area contributed by atoms with Crippen LogP contribution in [0.25, 0.3) is 0 Å². The average molecular weight is 976 g/mol. The number of phosphoric ester groups is 1. The maximum absolute atomic E-state index is 12.7. The van der Waals surface area contributed by atoms with Crippen LogP contribution in [-0.2, 0) is 32.7 Å². The molecule has 0 saturated heterocycles. The van der Waals surface area contributed by atoms with Crippen LogP contribution < -0.4 is 5.73 Å². The highest BCUT2D eigenvalue weighted by atomic mass is 31.2. The van der Waals surface area contributed by atoms with Crippen LogP contribution in [0.4, 0.5) is 0 Å². The Morgan fingerprint density at radius 2 is 0.853 bits per heavy atom. The van der Waals surface area contributed by atoms with Crippen molar-refractivity contribution in [2.45, 2.75) is 251 Å². The molecule has 0 fully saturated rings. The minimum atomic E-state index is -4.63. The van der Waals surface area contributed by atoms with E-state index in [1.165, 1.54) is 122 Å². The van der Waals surface area contributed by atoms with Crippen LogP contribution in [0.15, 0.2) is 72.9 Å². The van der Waals surface area contributed by atoms with E-state index >= 15 is 0 Å². The number of hydrogen-bond acceptors (Lipinski definition) is 8. The zero-order valence-electron chi connectivity index (χ0n) is 43.4. The van der Waals surface area contributed by atoms with Gasteiger partial charge in [0.25, 0.3) is 0 Å². The highest BCUT2D eigenvalue weighted by Gasteiger charge is 2.27. The van der Waals surface area contributed by atoms with Gasteiger partial charge in [-0.15, -0.1) is 0 Å². The Balaban J connectivity index is 4.15. The van der Waals surface area contributed by atoms with Crippen molar-refractivity contribution < 1.29 is 42.7 Å². The Hall–Kier alpha value is -2.59. The van der Waals surface area contributed by atoms with Crippen molar-refractivity contribution in [3.8, 4) is 0 Å². The summed E-state index contributed by atoms with van der Waals surface area (Å²) in [5.74, 6) is -1.78. The molecule has 0 aliphatic carbocycles. The number of nitrogens with two attached hydrogens (primary N) is 1. The first-order valence-corrected chi connectivity index (χ1v) is 29.0. The molecule has 0 amide bonds. The first-order chi connectivity index (χ1) is 33.2. The largest absolute Gasteiger partial charge is 0.480 e. The van der Waals surface area contributed by atoms with E-state index < -0.39 is 45.1 Å². The molecule has 11 heteroatoms. The number of phosphoric acid groups is 1. The van der Waals surface area contributed by atoms with E-state index in [1.54, 1.807) is 0 Å². The summed E-state index contributed by atoms with van der Waals surface area (Å²) in [5, 5.41) is 8.94. The molecule has 394 valence electrons. The zero-order valence-corrected chi connectivity index (χ0v) is 44.3.